The highest BCUT2D eigenvalue weighted by Crippen LogP contribution is 2.41. The van der Waals surface area contributed by atoms with E-state index in [0.29, 0.717) is 37.5 Å². The zero-order valence-corrected chi connectivity index (χ0v) is 34.3. The van der Waals surface area contributed by atoms with E-state index in [9.17, 15) is 30.0 Å². The Morgan fingerprint density at radius 3 is 2.28 bits per heavy atom. The van der Waals surface area contributed by atoms with Crippen molar-refractivity contribution in [1.82, 2.24) is 15.1 Å². The standard InChI is InChI=1S/C43H69N3O7/c1-12-25(2)36-28(5)37(49)34(39-38(50)35(48)23-33(24-47)53-39)22-31(36)21-30-14-13-29(19-26(30)3)20-27(4)42(6,7)40(51)44-43(8,9)41(52)46-17-15-32(16-18-46)45(10)11/h13-14,19,22,25,27-28,32-33,35,37-39,47-50H,12,15-18,20-21,23-24H2,1-11H3,(H,44,51)/t25?,27?,28?,33-,35-,37?,38+,39-/m0/s1. The first-order chi connectivity index (χ1) is 24.7. The molecule has 4 unspecified atom stereocenters. The van der Waals surface area contributed by atoms with Crippen molar-refractivity contribution in [2.24, 2.45) is 23.2 Å². The van der Waals surface area contributed by atoms with Crippen LogP contribution in [0, 0.1) is 30.1 Å². The Morgan fingerprint density at radius 2 is 1.72 bits per heavy atom. The maximum absolute atomic E-state index is 13.8. The number of rotatable bonds is 13. The first-order valence-electron chi connectivity index (χ1n) is 19.8. The first-order valence-corrected chi connectivity index (χ1v) is 19.8. The molecule has 0 spiro atoms. The molecule has 2 aliphatic heterocycles. The van der Waals surface area contributed by atoms with Crippen LogP contribution in [0.1, 0.15) is 97.8 Å². The summed E-state index contributed by atoms with van der Waals surface area (Å²) >= 11 is 0. The van der Waals surface area contributed by atoms with E-state index in [4.69, 9.17) is 4.74 Å². The lowest BCUT2D eigenvalue weighted by molar-refractivity contribution is -0.168. The van der Waals surface area contributed by atoms with Crippen LogP contribution in [0.5, 0.6) is 0 Å². The summed E-state index contributed by atoms with van der Waals surface area (Å²) in [5.41, 5.74) is 4.43. The lowest BCUT2D eigenvalue weighted by atomic mass is 9.72. The predicted octanol–water partition coefficient (Wildman–Crippen LogP) is 4.34. The minimum absolute atomic E-state index is 0.0135. The van der Waals surface area contributed by atoms with Crippen LogP contribution in [0.3, 0.4) is 0 Å². The van der Waals surface area contributed by atoms with Crippen LogP contribution >= 0.6 is 0 Å². The molecule has 10 heteroatoms. The molecule has 0 bridgehead atoms. The molecule has 1 aromatic carbocycles. The van der Waals surface area contributed by atoms with Crippen molar-refractivity contribution in [3.05, 3.63) is 57.7 Å². The number of carbonyl (C=O) groups is 2. The summed E-state index contributed by atoms with van der Waals surface area (Å²) in [6.45, 7) is 19.1. The molecule has 8 atom stereocenters. The highest BCUT2D eigenvalue weighted by Gasteiger charge is 2.44. The maximum Gasteiger partial charge on any atom is 0.247 e. The predicted molar refractivity (Wildman–Crippen MR) is 209 cm³/mol. The van der Waals surface area contributed by atoms with E-state index < -0.39 is 41.5 Å². The normalized spacial score (nSPS) is 27.5. The van der Waals surface area contributed by atoms with E-state index in [1.54, 1.807) is 0 Å². The van der Waals surface area contributed by atoms with Gasteiger partial charge in [0.15, 0.2) is 0 Å². The fourth-order valence-corrected chi connectivity index (χ4v) is 8.46. The van der Waals surface area contributed by atoms with Gasteiger partial charge in [-0.1, -0.05) is 71.4 Å². The van der Waals surface area contributed by atoms with Crippen molar-refractivity contribution >= 4 is 11.8 Å². The number of piperidine rings is 1. The number of nitrogens with one attached hydrogen (secondary N) is 1. The van der Waals surface area contributed by atoms with Crippen LogP contribution in [0.25, 0.3) is 0 Å². The maximum atomic E-state index is 13.8. The molecule has 2 amide bonds. The third-order valence-corrected chi connectivity index (χ3v) is 12.8. The Morgan fingerprint density at radius 1 is 1.08 bits per heavy atom. The monoisotopic (exact) mass is 740 g/mol. The molecule has 0 saturated carbocycles. The van der Waals surface area contributed by atoms with Crippen LogP contribution in [-0.4, -0.2) is 118 Å². The second-order valence-corrected chi connectivity index (χ2v) is 17.7. The number of aliphatic hydroxyl groups is 4. The van der Waals surface area contributed by atoms with Crippen molar-refractivity contribution in [1.29, 1.82) is 0 Å². The van der Waals surface area contributed by atoms with Gasteiger partial charge in [-0.3, -0.25) is 9.59 Å². The van der Waals surface area contributed by atoms with Crippen LogP contribution in [0.2, 0.25) is 0 Å². The number of aryl methyl sites for hydroxylation is 1. The van der Waals surface area contributed by atoms with Crippen LogP contribution in [-0.2, 0) is 27.2 Å². The summed E-state index contributed by atoms with van der Waals surface area (Å²) in [6, 6.07) is 6.93. The van der Waals surface area contributed by atoms with E-state index in [2.05, 4.69) is 70.2 Å². The zero-order chi connectivity index (χ0) is 39.6. The van der Waals surface area contributed by atoms with Crippen molar-refractivity contribution < 1.29 is 34.8 Å². The molecule has 4 rings (SSSR count). The average Bonchev–Trinajstić information content (AvgIpc) is 3.11. The molecule has 1 aliphatic carbocycles. The Bertz CT molecular complexity index is 1510. The lowest BCUT2D eigenvalue weighted by Crippen LogP contribution is -2.60. The minimum atomic E-state index is -1.20. The van der Waals surface area contributed by atoms with E-state index in [0.717, 1.165) is 41.5 Å². The zero-order valence-electron chi connectivity index (χ0n) is 34.3. The highest BCUT2D eigenvalue weighted by atomic mass is 16.5. The first kappa shape index (κ1) is 43.1. The lowest BCUT2D eigenvalue weighted by Gasteiger charge is -2.42. The molecule has 2 saturated heterocycles. The quantitative estimate of drug-likeness (QED) is 0.201. The Labute approximate surface area is 318 Å². The van der Waals surface area contributed by atoms with Crippen molar-refractivity contribution in [2.45, 2.75) is 143 Å². The molecule has 298 valence electrons. The van der Waals surface area contributed by atoms with Gasteiger partial charge in [0.05, 0.1) is 24.9 Å². The molecule has 1 aromatic rings. The van der Waals surface area contributed by atoms with Crippen LogP contribution < -0.4 is 5.32 Å². The van der Waals surface area contributed by atoms with Crippen molar-refractivity contribution in [3.63, 3.8) is 0 Å². The van der Waals surface area contributed by atoms with E-state index >= 15 is 0 Å². The molecule has 53 heavy (non-hydrogen) atoms. The molecular formula is C43H69N3O7. The molecular weight excluding hydrogens is 670 g/mol. The van der Waals surface area contributed by atoms with Crippen molar-refractivity contribution in [3.8, 4) is 0 Å². The van der Waals surface area contributed by atoms with Crippen LogP contribution in [0.15, 0.2) is 41.0 Å². The summed E-state index contributed by atoms with van der Waals surface area (Å²) in [4.78, 5) is 31.4. The molecule has 2 fully saturated rings. The number of aliphatic hydroxyl groups excluding tert-OH is 4. The fourth-order valence-electron chi connectivity index (χ4n) is 8.46. The number of nitrogens with zero attached hydrogens (tertiary/aromatic N) is 2. The summed E-state index contributed by atoms with van der Waals surface area (Å²) in [7, 11) is 4.15. The van der Waals surface area contributed by atoms with Gasteiger partial charge < -0.3 is 40.3 Å². The number of allylic oxidation sites excluding steroid dienone is 2. The largest absolute Gasteiger partial charge is 0.394 e. The topological polar surface area (TPSA) is 143 Å². The number of ether oxygens (including phenoxy) is 1. The van der Waals surface area contributed by atoms with Gasteiger partial charge in [-0.25, -0.2) is 0 Å². The van der Waals surface area contributed by atoms with Gasteiger partial charge in [-0.05, 0) is 107 Å². The molecule has 0 aromatic heterocycles. The highest BCUT2D eigenvalue weighted by molar-refractivity contribution is 5.92. The molecule has 5 N–H and O–H groups in total. The number of amides is 2. The van der Waals surface area contributed by atoms with Gasteiger partial charge in [0.25, 0.3) is 0 Å². The SMILES string of the molecule is CCC(C)C1=C(Cc2ccc(CC(C)C(C)(C)C(=O)NC(C)(C)C(=O)N3CCC(N(C)C)CC3)cc2C)C=C([C@@H]2O[C@H](CO)C[C@H](O)[C@H]2O)C(O)C1C. The fraction of sp³-hybridized carbons (Fsp3) is 0.721. The Balaban J connectivity index is 1.49. The van der Waals surface area contributed by atoms with E-state index in [1.165, 1.54) is 5.57 Å². The van der Waals surface area contributed by atoms with Gasteiger partial charge in [0.2, 0.25) is 11.8 Å². The second kappa shape index (κ2) is 17.5. The van der Waals surface area contributed by atoms with E-state index in [1.807, 2.05) is 45.6 Å². The van der Waals surface area contributed by atoms with Gasteiger partial charge in [0.1, 0.15) is 17.7 Å². The number of benzene rings is 1. The van der Waals surface area contributed by atoms with Gasteiger partial charge >= 0.3 is 0 Å². The van der Waals surface area contributed by atoms with Gasteiger partial charge in [-0.15, -0.1) is 0 Å². The molecule has 3 aliphatic rings. The Kier molecular flexibility index (Phi) is 14.2. The van der Waals surface area contributed by atoms with Crippen LogP contribution in [0.4, 0.5) is 0 Å². The number of likely N-dealkylation sites (tertiary alicyclic amines) is 1. The molecule has 10 nitrogen and oxygen atoms in total. The summed E-state index contributed by atoms with van der Waals surface area (Å²) in [5.74, 6) is -0.176. The molecule has 2 heterocycles. The third kappa shape index (κ3) is 9.62. The average molecular weight is 740 g/mol. The number of carbonyl (C=O) groups excluding carboxylic acids is 2. The minimum Gasteiger partial charge on any atom is -0.394 e. The summed E-state index contributed by atoms with van der Waals surface area (Å²) < 4.78 is 6.03. The number of hydrogen-bond donors (Lipinski definition) is 5. The van der Waals surface area contributed by atoms with Gasteiger partial charge in [0, 0.05) is 36.9 Å². The number of hydrogen-bond acceptors (Lipinski definition) is 8. The second-order valence-electron chi connectivity index (χ2n) is 17.7. The van der Waals surface area contributed by atoms with Crippen molar-refractivity contribution in [2.75, 3.05) is 33.8 Å². The summed E-state index contributed by atoms with van der Waals surface area (Å²) in [6.07, 6.45) is 1.48. The van der Waals surface area contributed by atoms with Gasteiger partial charge in [-0.2, -0.15) is 0 Å². The summed E-state index contributed by atoms with van der Waals surface area (Å²) in [5, 5.41) is 45.9. The Hall–Kier alpha value is -2.60. The third-order valence-electron chi connectivity index (χ3n) is 12.8. The van der Waals surface area contributed by atoms with E-state index in [-0.39, 0.29) is 42.6 Å². The molecule has 0 radical (unpaired) electrons. The smallest absolute Gasteiger partial charge is 0.247 e.